The molecule has 0 aromatic rings. The van der Waals surface area contributed by atoms with Gasteiger partial charge in [-0.05, 0) is 77.6 Å². The summed E-state index contributed by atoms with van der Waals surface area (Å²) in [6.07, 6.45) is 49.1. The van der Waals surface area contributed by atoms with E-state index in [0.29, 0.717) is 6.42 Å². The smallest absolute Gasteiger partial charge is 0.462 e. The van der Waals surface area contributed by atoms with Crippen molar-refractivity contribution in [2.45, 2.75) is 232 Å². The summed E-state index contributed by atoms with van der Waals surface area (Å²) in [7, 11) is -4.28. The number of unbranched alkanes of at least 4 members (excludes halogenated alkanes) is 25. The normalized spacial score (nSPS) is 13.6. The number of phosphoric acid groups is 1. The van der Waals surface area contributed by atoms with Crippen LogP contribution in [0.4, 0.5) is 0 Å². The molecule has 0 aromatic carbocycles. The zero-order chi connectivity index (χ0) is 41.1. The van der Waals surface area contributed by atoms with Crippen LogP contribution >= 0.6 is 7.82 Å². The van der Waals surface area contributed by atoms with Crippen LogP contribution in [0, 0.1) is 0 Å². The fraction of sp³-hybridized carbons (Fsp3) is 0.830. The van der Waals surface area contributed by atoms with Gasteiger partial charge in [0.2, 0.25) is 0 Å². The Morgan fingerprint density at radius 1 is 0.482 bits per heavy atom. The second-order valence-electron chi connectivity index (χ2n) is 15.4. The topological polar surface area (TPSA) is 108 Å². The largest absolute Gasteiger partial charge is 0.472 e. The molecule has 2 unspecified atom stereocenters. The van der Waals surface area contributed by atoms with Gasteiger partial charge in [-0.1, -0.05) is 172 Å². The number of hydrogen-bond acceptors (Lipinski definition) is 7. The Morgan fingerprint density at radius 3 is 1.30 bits per heavy atom. The molecule has 0 bridgehead atoms. The first-order valence-electron chi connectivity index (χ1n) is 23.3. The molecule has 0 fully saturated rings. The van der Waals surface area contributed by atoms with E-state index in [1.165, 1.54) is 135 Å². The molecule has 0 aliphatic carbocycles. The molecule has 0 aromatic heterocycles. The molecule has 0 rings (SSSR count). The third-order valence-corrected chi connectivity index (χ3v) is 11.0. The summed E-state index contributed by atoms with van der Waals surface area (Å²) in [6, 6.07) is 0. The number of allylic oxidation sites excluding steroid dienone is 6. The number of ether oxygens (including phenoxy) is 2. The second kappa shape index (κ2) is 42.9. The molecule has 1 N–H and O–H groups in total. The Labute approximate surface area is 345 Å². The predicted octanol–water partition coefficient (Wildman–Crippen LogP) is 14.8. The van der Waals surface area contributed by atoms with E-state index in [9.17, 15) is 19.0 Å². The highest BCUT2D eigenvalue weighted by atomic mass is 31.2. The predicted molar refractivity (Wildman–Crippen MR) is 235 cm³/mol. The number of rotatable bonds is 43. The first-order valence-corrected chi connectivity index (χ1v) is 24.8. The lowest BCUT2D eigenvalue weighted by Crippen LogP contribution is -2.29. The summed E-state index contributed by atoms with van der Waals surface area (Å²) in [5, 5.41) is 0. The fourth-order valence-corrected chi connectivity index (χ4v) is 7.23. The first kappa shape index (κ1) is 54.3. The van der Waals surface area contributed by atoms with E-state index in [2.05, 4.69) is 50.3 Å². The molecular formula is C47H87O8P. The number of carbonyl (C=O) groups is 2. The minimum Gasteiger partial charge on any atom is -0.462 e. The van der Waals surface area contributed by atoms with E-state index >= 15 is 0 Å². The van der Waals surface area contributed by atoms with Crippen LogP contribution in [-0.2, 0) is 32.7 Å². The Bertz CT molecular complexity index is 1010. The van der Waals surface area contributed by atoms with Crippen LogP contribution in [0.25, 0.3) is 0 Å². The number of carbonyl (C=O) groups excluding carboxylic acids is 2. The van der Waals surface area contributed by atoms with Crippen LogP contribution < -0.4 is 0 Å². The highest BCUT2D eigenvalue weighted by Gasteiger charge is 2.25. The molecule has 0 saturated carbocycles. The van der Waals surface area contributed by atoms with E-state index in [4.69, 9.17) is 18.5 Å². The van der Waals surface area contributed by atoms with Crippen LogP contribution in [0.3, 0.4) is 0 Å². The van der Waals surface area contributed by atoms with Crippen molar-refractivity contribution in [3.05, 3.63) is 36.5 Å². The van der Waals surface area contributed by atoms with Crippen molar-refractivity contribution < 1.29 is 37.6 Å². The maximum Gasteiger partial charge on any atom is 0.472 e. The molecule has 0 heterocycles. The lowest BCUT2D eigenvalue weighted by atomic mass is 10.1. The summed E-state index contributed by atoms with van der Waals surface area (Å²) in [6.45, 7) is 5.47. The van der Waals surface area contributed by atoms with Gasteiger partial charge in [0.25, 0.3) is 0 Å². The molecule has 0 spiro atoms. The number of phosphoric ester groups is 1. The van der Waals surface area contributed by atoms with Crippen LogP contribution in [0.5, 0.6) is 0 Å². The Balaban J connectivity index is 4.05. The molecule has 0 saturated heterocycles. The number of esters is 2. The average molecular weight is 811 g/mol. The van der Waals surface area contributed by atoms with E-state index in [-0.39, 0.29) is 32.0 Å². The van der Waals surface area contributed by atoms with Crippen molar-refractivity contribution in [1.29, 1.82) is 0 Å². The van der Waals surface area contributed by atoms with Gasteiger partial charge in [-0.3, -0.25) is 18.6 Å². The van der Waals surface area contributed by atoms with E-state index in [0.717, 1.165) is 51.4 Å². The Morgan fingerprint density at radius 2 is 0.857 bits per heavy atom. The third kappa shape index (κ3) is 41.9. The summed E-state index contributed by atoms with van der Waals surface area (Å²) in [5.74, 6) is -0.806. The van der Waals surface area contributed by atoms with Gasteiger partial charge in [0.05, 0.1) is 13.2 Å². The van der Waals surface area contributed by atoms with Gasteiger partial charge in [0, 0.05) is 12.8 Å². The van der Waals surface area contributed by atoms with Crippen molar-refractivity contribution in [2.75, 3.05) is 19.8 Å². The first-order chi connectivity index (χ1) is 27.3. The number of hydrogen-bond donors (Lipinski definition) is 1. The minimum atomic E-state index is -4.28. The van der Waals surface area contributed by atoms with E-state index < -0.39 is 26.5 Å². The van der Waals surface area contributed by atoms with Crippen LogP contribution in [0.2, 0.25) is 0 Å². The Kier molecular flexibility index (Phi) is 41.5. The minimum absolute atomic E-state index is 0.00180. The maximum absolute atomic E-state index is 12.6. The van der Waals surface area contributed by atoms with E-state index in [1.807, 2.05) is 0 Å². The lowest BCUT2D eigenvalue weighted by molar-refractivity contribution is -0.161. The highest BCUT2D eigenvalue weighted by Crippen LogP contribution is 2.43. The van der Waals surface area contributed by atoms with Crippen molar-refractivity contribution in [2.24, 2.45) is 0 Å². The molecule has 2 atom stereocenters. The average Bonchev–Trinajstić information content (AvgIpc) is 3.18. The van der Waals surface area contributed by atoms with Gasteiger partial charge in [-0.25, -0.2) is 4.57 Å². The summed E-state index contributed by atoms with van der Waals surface area (Å²) < 4.78 is 32.7. The quantitative estimate of drug-likeness (QED) is 0.0281. The molecule has 0 aliphatic heterocycles. The molecule has 56 heavy (non-hydrogen) atoms. The third-order valence-electron chi connectivity index (χ3n) is 9.92. The van der Waals surface area contributed by atoms with Gasteiger partial charge < -0.3 is 14.4 Å². The SMILES string of the molecule is CCCCCC/C=C\C/C=C\CCCCCCCCCC(=O)OC(COC(=O)CCCCCCCCC/C=C\CCCCCCCCC)COP(=O)(O)OCC. The van der Waals surface area contributed by atoms with Crippen LogP contribution in [0.15, 0.2) is 36.5 Å². The molecule has 328 valence electrons. The zero-order valence-electron chi connectivity index (χ0n) is 36.5. The van der Waals surface area contributed by atoms with Gasteiger partial charge in [0.1, 0.15) is 6.61 Å². The fourth-order valence-electron chi connectivity index (χ4n) is 6.48. The van der Waals surface area contributed by atoms with Crippen molar-refractivity contribution in [3.63, 3.8) is 0 Å². The molecular weight excluding hydrogens is 723 g/mol. The second-order valence-corrected chi connectivity index (χ2v) is 16.9. The summed E-state index contributed by atoms with van der Waals surface area (Å²) >= 11 is 0. The molecule has 8 nitrogen and oxygen atoms in total. The van der Waals surface area contributed by atoms with Gasteiger partial charge >= 0.3 is 19.8 Å². The van der Waals surface area contributed by atoms with Crippen molar-refractivity contribution in [1.82, 2.24) is 0 Å². The van der Waals surface area contributed by atoms with Gasteiger partial charge in [-0.2, -0.15) is 0 Å². The lowest BCUT2D eigenvalue weighted by Gasteiger charge is -2.19. The van der Waals surface area contributed by atoms with Crippen molar-refractivity contribution in [3.8, 4) is 0 Å². The molecule has 0 aliphatic rings. The molecule has 9 heteroatoms. The molecule has 0 radical (unpaired) electrons. The molecule has 0 amide bonds. The van der Waals surface area contributed by atoms with Crippen LogP contribution in [0.1, 0.15) is 226 Å². The summed E-state index contributed by atoms with van der Waals surface area (Å²) in [4.78, 5) is 34.8. The van der Waals surface area contributed by atoms with E-state index in [1.54, 1.807) is 6.92 Å². The maximum atomic E-state index is 12.6. The monoisotopic (exact) mass is 811 g/mol. The Hall–Kier alpha value is -1.73. The standard InChI is InChI=1S/C47H87O8P/c1-4-7-9-11-13-15-17-19-21-23-25-27-29-31-33-35-37-39-41-46(48)52-43-45(44-54-56(50,51)53-6-3)55-47(49)42-40-38-36-34-32-30-28-26-24-22-20-18-16-14-12-10-8-5-2/h16,18,21-24,45H,4-15,17,19-20,25-44H2,1-3H3,(H,50,51)/b18-16-,23-21-,24-22-. The van der Waals surface area contributed by atoms with Gasteiger partial charge in [0.15, 0.2) is 6.10 Å². The van der Waals surface area contributed by atoms with Gasteiger partial charge in [-0.15, -0.1) is 0 Å². The summed E-state index contributed by atoms with van der Waals surface area (Å²) in [5.41, 5.74) is 0. The van der Waals surface area contributed by atoms with Crippen molar-refractivity contribution >= 4 is 19.8 Å². The highest BCUT2D eigenvalue weighted by molar-refractivity contribution is 7.47. The zero-order valence-corrected chi connectivity index (χ0v) is 37.4. The van der Waals surface area contributed by atoms with Crippen LogP contribution in [-0.4, -0.2) is 42.8 Å².